The van der Waals surface area contributed by atoms with Crippen molar-refractivity contribution in [2.75, 3.05) is 18.8 Å². The zero-order chi connectivity index (χ0) is 15.0. The van der Waals surface area contributed by atoms with Crippen LogP contribution in [0.1, 0.15) is 33.6 Å². The average molecular weight is 299 g/mol. The van der Waals surface area contributed by atoms with Crippen LogP contribution in [-0.2, 0) is 9.59 Å². The summed E-state index contributed by atoms with van der Waals surface area (Å²) in [6.07, 6.45) is 1.31. The standard InChI is InChI=1S/C13H21N3O3S/c1-12(2,3)20-7-9(17)16-6-4-5-13(8-16)10(18)14-11(19)15-13/h4-8H2,1-3H3,(H2,14,15,18,19). The van der Waals surface area contributed by atoms with E-state index >= 15 is 0 Å². The molecule has 0 aromatic heterocycles. The highest BCUT2D eigenvalue weighted by Crippen LogP contribution is 2.27. The molecule has 6 nitrogen and oxygen atoms in total. The maximum Gasteiger partial charge on any atom is 0.322 e. The Hall–Kier alpha value is -1.24. The second-order valence-electron chi connectivity index (χ2n) is 6.31. The van der Waals surface area contributed by atoms with Crippen molar-refractivity contribution < 1.29 is 14.4 Å². The molecule has 2 heterocycles. The van der Waals surface area contributed by atoms with Gasteiger partial charge in [-0.05, 0) is 12.8 Å². The zero-order valence-electron chi connectivity index (χ0n) is 12.1. The molecule has 2 saturated heterocycles. The van der Waals surface area contributed by atoms with Gasteiger partial charge in [0.05, 0.1) is 12.3 Å². The van der Waals surface area contributed by atoms with Crippen molar-refractivity contribution in [3.05, 3.63) is 0 Å². The summed E-state index contributed by atoms with van der Waals surface area (Å²) in [5.41, 5.74) is -0.919. The van der Waals surface area contributed by atoms with E-state index in [-0.39, 0.29) is 23.1 Å². The van der Waals surface area contributed by atoms with Crippen molar-refractivity contribution in [1.82, 2.24) is 15.5 Å². The Labute approximate surface area is 123 Å². The molecule has 0 aromatic carbocycles. The number of nitrogens with zero attached hydrogens (tertiary/aromatic N) is 1. The highest BCUT2D eigenvalue weighted by Gasteiger charge is 2.49. The third-order valence-corrected chi connectivity index (χ3v) is 4.75. The zero-order valence-corrected chi connectivity index (χ0v) is 12.9. The van der Waals surface area contributed by atoms with E-state index in [9.17, 15) is 14.4 Å². The maximum atomic E-state index is 12.2. The summed E-state index contributed by atoms with van der Waals surface area (Å²) in [6, 6.07) is -0.464. The molecule has 20 heavy (non-hydrogen) atoms. The van der Waals surface area contributed by atoms with Gasteiger partial charge < -0.3 is 10.2 Å². The van der Waals surface area contributed by atoms with Gasteiger partial charge in [-0.1, -0.05) is 20.8 Å². The molecule has 0 aromatic rings. The van der Waals surface area contributed by atoms with Gasteiger partial charge in [-0.15, -0.1) is 11.8 Å². The van der Waals surface area contributed by atoms with E-state index < -0.39 is 11.6 Å². The van der Waals surface area contributed by atoms with Crippen LogP contribution >= 0.6 is 11.8 Å². The van der Waals surface area contributed by atoms with Gasteiger partial charge in [0.2, 0.25) is 5.91 Å². The minimum Gasteiger partial charge on any atom is -0.339 e. The molecule has 2 N–H and O–H groups in total. The smallest absolute Gasteiger partial charge is 0.322 e. The molecule has 7 heteroatoms. The molecule has 1 atom stereocenters. The number of hydrogen-bond donors (Lipinski definition) is 2. The molecule has 1 unspecified atom stereocenters. The number of nitrogens with one attached hydrogen (secondary N) is 2. The molecule has 2 aliphatic rings. The van der Waals surface area contributed by atoms with Crippen LogP contribution in [0.15, 0.2) is 0 Å². The largest absolute Gasteiger partial charge is 0.339 e. The molecule has 112 valence electrons. The van der Waals surface area contributed by atoms with Gasteiger partial charge in [0.1, 0.15) is 5.54 Å². The van der Waals surface area contributed by atoms with Crippen LogP contribution in [0.25, 0.3) is 0 Å². The summed E-state index contributed by atoms with van der Waals surface area (Å²) in [5.74, 6) is 0.108. The van der Waals surface area contributed by atoms with E-state index in [1.807, 2.05) is 0 Å². The highest BCUT2D eigenvalue weighted by molar-refractivity contribution is 8.01. The molecule has 0 saturated carbocycles. The van der Waals surface area contributed by atoms with E-state index in [0.717, 1.165) is 6.42 Å². The third kappa shape index (κ3) is 3.26. The Morgan fingerprint density at radius 1 is 1.40 bits per heavy atom. The van der Waals surface area contributed by atoms with Crippen LogP contribution in [-0.4, -0.2) is 51.9 Å². The highest BCUT2D eigenvalue weighted by atomic mass is 32.2. The second kappa shape index (κ2) is 5.27. The second-order valence-corrected chi connectivity index (χ2v) is 8.11. The van der Waals surface area contributed by atoms with Crippen molar-refractivity contribution >= 4 is 29.6 Å². The van der Waals surface area contributed by atoms with Gasteiger partial charge >= 0.3 is 6.03 Å². The Morgan fingerprint density at radius 2 is 2.10 bits per heavy atom. The molecule has 4 amide bonds. The van der Waals surface area contributed by atoms with Crippen molar-refractivity contribution in [2.24, 2.45) is 0 Å². The van der Waals surface area contributed by atoms with Gasteiger partial charge in [0.25, 0.3) is 5.91 Å². The average Bonchev–Trinajstić information content (AvgIpc) is 2.60. The number of amides is 4. The van der Waals surface area contributed by atoms with Gasteiger partial charge in [-0.2, -0.15) is 0 Å². The molecular formula is C13H21N3O3S. The van der Waals surface area contributed by atoms with Crippen LogP contribution < -0.4 is 10.6 Å². The molecule has 2 rings (SSSR count). The number of urea groups is 1. The fourth-order valence-corrected chi connectivity index (χ4v) is 3.19. The normalized spacial score (nSPS) is 26.6. The van der Waals surface area contributed by atoms with Gasteiger partial charge in [-0.25, -0.2) is 4.79 Å². The van der Waals surface area contributed by atoms with Crippen LogP contribution in [0.3, 0.4) is 0 Å². The monoisotopic (exact) mass is 299 g/mol. The summed E-state index contributed by atoms with van der Waals surface area (Å²) < 4.78 is 0.0298. The lowest BCUT2D eigenvalue weighted by atomic mass is 9.89. The van der Waals surface area contributed by atoms with Crippen molar-refractivity contribution in [1.29, 1.82) is 0 Å². The van der Waals surface area contributed by atoms with Crippen molar-refractivity contribution in [3.63, 3.8) is 0 Å². The molecule has 2 fully saturated rings. The minimum atomic E-state index is -0.919. The molecule has 0 aliphatic carbocycles. The summed E-state index contributed by atoms with van der Waals surface area (Å²) >= 11 is 1.59. The van der Waals surface area contributed by atoms with E-state index in [1.54, 1.807) is 16.7 Å². The van der Waals surface area contributed by atoms with Gasteiger partial charge in [-0.3, -0.25) is 14.9 Å². The predicted octanol–water partition coefficient (Wildman–Crippen LogP) is 0.719. The maximum absolute atomic E-state index is 12.2. The minimum absolute atomic E-state index is 0.0259. The lowest BCUT2D eigenvalue weighted by Crippen LogP contribution is -2.59. The molecule has 1 spiro atoms. The number of likely N-dealkylation sites (tertiary alicyclic amines) is 1. The number of hydrogen-bond acceptors (Lipinski definition) is 4. The van der Waals surface area contributed by atoms with Crippen molar-refractivity contribution in [3.8, 4) is 0 Å². The van der Waals surface area contributed by atoms with E-state index in [1.165, 1.54) is 0 Å². The fourth-order valence-electron chi connectivity index (χ4n) is 2.45. The Kier molecular flexibility index (Phi) is 4.00. The lowest BCUT2D eigenvalue weighted by Gasteiger charge is -2.38. The van der Waals surface area contributed by atoms with Crippen LogP contribution in [0, 0.1) is 0 Å². The first-order chi connectivity index (χ1) is 9.22. The molecule has 0 bridgehead atoms. The molecular weight excluding hydrogens is 278 g/mol. The number of imide groups is 1. The summed E-state index contributed by atoms with van der Waals surface area (Å²) in [6.45, 7) is 7.11. The van der Waals surface area contributed by atoms with Crippen LogP contribution in [0.4, 0.5) is 4.79 Å². The SMILES string of the molecule is CC(C)(C)SCC(=O)N1CCCC2(C1)NC(=O)NC2=O. The third-order valence-electron chi connectivity index (χ3n) is 3.49. The molecule has 2 aliphatic heterocycles. The van der Waals surface area contributed by atoms with E-state index in [2.05, 4.69) is 31.4 Å². The Bertz CT molecular complexity index is 447. The predicted molar refractivity (Wildman–Crippen MR) is 77.4 cm³/mol. The summed E-state index contributed by atoms with van der Waals surface area (Å²) in [7, 11) is 0. The first-order valence-corrected chi connectivity index (χ1v) is 7.76. The summed E-state index contributed by atoms with van der Waals surface area (Å²) in [5, 5.41) is 4.94. The lowest BCUT2D eigenvalue weighted by molar-refractivity contribution is -0.134. The topological polar surface area (TPSA) is 78.5 Å². The number of rotatable bonds is 2. The summed E-state index contributed by atoms with van der Waals surface area (Å²) in [4.78, 5) is 37.1. The van der Waals surface area contributed by atoms with Crippen molar-refractivity contribution in [2.45, 2.75) is 43.9 Å². The van der Waals surface area contributed by atoms with Gasteiger partial charge in [0.15, 0.2) is 0 Å². The van der Waals surface area contributed by atoms with Crippen LogP contribution in [0.2, 0.25) is 0 Å². The first-order valence-electron chi connectivity index (χ1n) is 6.77. The molecule has 0 radical (unpaired) electrons. The number of carbonyl (C=O) groups is 3. The number of piperidine rings is 1. The number of carbonyl (C=O) groups excluding carboxylic acids is 3. The number of thioether (sulfide) groups is 1. The van der Waals surface area contributed by atoms with Gasteiger partial charge in [0, 0.05) is 11.3 Å². The van der Waals surface area contributed by atoms with Crippen LogP contribution in [0.5, 0.6) is 0 Å². The van der Waals surface area contributed by atoms with E-state index in [4.69, 9.17) is 0 Å². The fraction of sp³-hybridized carbons (Fsp3) is 0.769. The first kappa shape index (κ1) is 15.2. The quantitative estimate of drug-likeness (QED) is 0.736. The van der Waals surface area contributed by atoms with E-state index in [0.29, 0.717) is 18.7 Å². The Balaban J connectivity index is 1.99. The Morgan fingerprint density at radius 3 is 2.65 bits per heavy atom.